The maximum Gasteiger partial charge on any atom is 0.305 e. The maximum atomic E-state index is 13.8. The molecule has 6 nitrogen and oxygen atoms in total. The average molecular weight is 581 g/mol. The van der Waals surface area contributed by atoms with Crippen LogP contribution in [0.3, 0.4) is 0 Å². The number of para-hydroxylation sites is 1. The molecule has 206 valence electrons. The number of carbonyl (C=O) groups is 2. The summed E-state index contributed by atoms with van der Waals surface area (Å²) in [5.41, 5.74) is 4.11. The molecular formula is C33H28N2O4S2. The number of anilines is 1. The van der Waals surface area contributed by atoms with E-state index in [1.54, 1.807) is 11.8 Å². The van der Waals surface area contributed by atoms with Gasteiger partial charge in [-0.2, -0.15) is 0 Å². The van der Waals surface area contributed by atoms with Crippen LogP contribution in [0.1, 0.15) is 33.9 Å². The number of hydrogen-bond acceptors (Lipinski definition) is 6. The third-order valence-corrected chi connectivity index (χ3v) is 12.1. The lowest BCUT2D eigenvalue weighted by atomic mass is 9.68. The summed E-state index contributed by atoms with van der Waals surface area (Å²) >= 11 is 3.00. The maximum absolute atomic E-state index is 13.8. The average Bonchev–Trinajstić information content (AvgIpc) is 3.71. The van der Waals surface area contributed by atoms with Crippen molar-refractivity contribution < 1.29 is 14.3 Å². The summed E-state index contributed by atoms with van der Waals surface area (Å²) in [6.07, 6.45) is 0.880. The van der Waals surface area contributed by atoms with Crippen LogP contribution in [0.15, 0.2) is 88.7 Å². The molecule has 2 saturated carbocycles. The van der Waals surface area contributed by atoms with Crippen LogP contribution in [0, 0.1) is 36.5 Å². The van der Waals surface area contributed by atoms with Crippen LogP contribution in [-0.4, -0.2) is 22.0 Å². The first kappa shape index (κ1) is 25.1. The number of hydrogen-bond donors (Lipinski definition) is 1. The monoisotopic (exact) mass is 580 g/mol. The third-order valence-electron chi connectivity index (χ3n) is 9.47. The number of H-pyrrole nitrogens is 1. The Balaban J connectivity index is 1.12. The predicted octanol–water partition coefficient (Wildman–Crippen LogP) is 6.00. The number of fused-ring (bicyclic) bond motifs is 9. The molecule has 3 fully saturated rings. The quantitative estimate of drug-likeness (QED) is 0.293. The van der Waals surface area contributed by atoms with E-state index in [1.165, 1.54) is 21.8 Å². The Hall–Kier alpha value is -3.62. The van der Waals surface area contributed by atoms with Crippen LogP contribution in [-0.2, 0) is 16.2 Å². The fourth-order valence-electron chi connectivity index (χ4n) is 7.96. The van der Waals surface area contributed by atoms with Gasteiger partial charge in [-0.3, -0.25) is 19.3 Å². The molecule has 1 N–H and O–H groups in total. The summed E-state index contributed by atoms with van der Waals surface area (Å²) in [6, 6.07) is 25.8. The standard InChI is InChI=1S/C33H28N2O4S2/c1-17-6-5-7-18(14-17)16-39-21-12-10-19(11-13-21)24-25-22-15-23(28(25)40-30-29(24)41-33(38)34-30)27-26(22)31(36)35(32(27)37)20-8-3-2-4-9-20/h2-14,22-28H,15-16H2,1H3,(H,34,38)/t22-,23-,24+,25+,26+,27+,28-/m1/s1. The SMILES string of the molecule is Cc1cccc(COc2ccc([C@@H]3c4sc(=O)[nH]c4S[C@@H]4[C@@H]5C[C@@H]([C@@H]6C(=O)N(c7ccccc7)C(=O)[C@@H]56)[C@@H]34)cc2)c1. The summed E-state index contributed by atoms with van der Waals surface area (Å²) in [5.74, 6) is 0.469. The van der Waals surface area contributed by atoms with E-state index >= 15 is 0 Å². The lowest BCUT2D eigenvalue weighted by molar-refractivity contribution is -0.123. The van der Waals surface area contributed by atoms with E-state index < -0.39 is 0 Å². The Morgan fingerprint density at radius 2 is 1.66 bits per heavy atom. The van der Waals surface area contributed by atoms with E-state index in [0.29, 0.717) is 12.3 Å². The van der Waals surface area contributed by atoms with E-state index in [-0.39, 0.29) is 57.4 Å². The van der Waals surface area contributed by atoms with Crippen molar-refractivity contribution in [2.75, 3.05) is 4.90 Å². The summed E-state index contributed by atoms with van der Waals surface area (Å²) < 4.78 is 6.09. The molecule has 0 radical (unpaired) electrons. The smallest absolute Gasteiger partial charge is 0.305 e. The minimum absolute atomic E-state index is 0.00403. The van der Waals surface area contributed by atoms with E-state index in [4.69, 9.17) is 4.74 Å². The Morgan fingerprint density at radius 1 is 0.902 bits per heavy atom. The zero-order valence-electron chi connectivity index (χ0n) is 22.4. The van der Waals surface area contributed by atoms with Crippen molar-refractivity contribution in [1.29, 1.82) is 0 Å². The molecule has 2 aliphatic heterocycles. The molecule has 8 heteroatoms. The molecule has 1 saturated heterocycles. The van der Waals surface area contributed by atoms with E-state index in [0.717, 1.165) is 33.2 Å². The zero-order valence-corrected chi connectivity index (χ0v) is 24.0. The van der Waals surface area contributed by atoms with Crippen LogP contribution >= 0.6 is 23.1 Å². The molecule has 4 aliphatic rings. The van der Waals surface area contributed by atoms with Gasteiger partial charge in [0.25, 0.3) is 0 Å². The first-order chi connectivity index (χ1) is 20.0. The molecule has 1 aromatic heterocycles. The summed E-state index contributed by atoms with van der Waals surface area (Å²) in [7, 11) is 0. The molecule has 41 heavy (non-hydrogen) atoms. The number of ether oxygens (including phenoxy) is 1. The minimum Gasteiger partial charge on any atom is -0.489 e. The van der Waals surface area contributed by atoms with Crippen molar-refractivity contribution in [3.63, 3.8) is 0 Å². The number of thiazole rings is 1. The molecule has 7 atom stereocenters. The second-order valence-electron chi connectivity index (χ2n) is 11.7. The van der Waals surface area contributed by atoms with Crippen molar-refractivity contribution in [1.82, 2.24) is 4.98 Å². The van der Waals surface area contributed by atoms with Crippen LogP contribution in [0.25, 0.3) is 0 Å². The fourth-order valence-corrected chi connectivity index (χ4v) is 10.9. The normalized spacial score (nSPS) is 29.4. The Bertz CT molecular complexity index is 1730. The first-order valence-corrected chi connectivity index (χ1v) is 15.8. The summed E-state index contributed by atoms with van der Waals surface area (Å²) in [5, 5.41) is 1.10. The van der Waals surface area contributed by atoms with E-state index in [2.05, 4.69) is 42.2 Å². The first-order valence-electron chi connectivity index (χ1n) is 14.1. The van der Waals surface area contributed by atoms with Gasteiger partial charge < -0.3 is 9.72 Å². The van der Waals surface area contributed by atoms with Crippen molar-refractivity contribution in [2.45, 2.75) is 36.1 Å². The van der Waals surface area contributed by atoms with Gasteiger partial charge in [0.15, 0.2) is 0 Å². The lowest BCUT2D eigenvalue weighted by Crippen LogP contribution is -2.42. The lowest BCUT2D eigenvalue weighted by Gasteiger charge is -2.43. The van der Waals surface area contributed by atoms with Crippen LogP contribution in [0.5, 0.6) is 5.75 Å². The van der Waals surface area contributed by atoms with Gasteiger partial charge in [-0.1, -0.05) is 71.5 Å². The Kier molecular flexibility index (Phi) is 5.80. The zero-order chi connectivity index (χ0) is 27.8. The van der Waals surface area contributed by atoms with Gasteiger partial charge in [-0.15, -0.1) is 11.8 Å². The van der Waals surface area contributed by atoms with Gasteiger partial charge in [0.1, 0.15) is 12.4 Å². The predicted molar refractivity (Wildman–Crippen MR) is 159 cm³/mol. The molecule has 0 unspecified atom stereocenters. The molecule has 2 aliphatic carbocycles. The highest BCUT2D eigenvalue weighted by Gasteiger charge is 2.69. The third kappa shape index (κ3) is 3.87. The number of benzene rings is 3. The van der Waals surface area contributed by atoms with Crippen LogP contribution in [0.2, 0.25) is 0 Å². The fraction of sp³-hybridized carbons (Fsp3) is 0.303. The van der Waals surface area contributed by atoms with Gasteiger partial charge in [0.2, 0.25) is 11.8 Å². The molecule has 2 bridgehead atoms. The van der Waals surface area contributed by atoms with Gasteiger partial charge in [0, 0.05) is 16.0 Å². The molecule has 4 aromatic rings. The van der Waals surface area contributed by atoms with Crippen LogP contribution in [0.4, 0.5) is 5.69 Å². The Morgan fingerprint density at radius 3 is 2.41 bits per heavy atom. The largest absolute Gasteiger partial charge is 0.489 e. The molecular weight excluding hydrogens is 553 g/mol. The number of aromatic amines is 1. The molecule has 2 amide bonds. The number of nitrogens with zero attached hydrogens (tertiary/aromatic N) is 1. The highest BCUT2D eigenvalue weighted by atomic mass is 32.2. The number of amides is 2. The van der Waals surface area contributed by atoms with E-state index in [1.807, 2.05) is 48.5 Å². The van der Waals surface area contributed by atoms with Gasteiger partial charge in [-0.25, -0.2) is 0 Å². The number of nitrogens with one attached hydrogen (secondary N) is 1. The van der Waals surface area contributed by atoms with E-state index in [9.17, 15) is 14.4 Å². The van der Waals surface area contributed by atoms with Gasteiger partial charge in [0.05, 0.1) is 22.5 Å². The summed E-state index contributed by atoms with van der Waals surface area (Å²) in [4.78, 5) is 45.6. The molecule has 0 spiro atoms. The van der Waals surface area contributed by atoms with Crippen molar-refractivity contribution in [2.24, 2.45) is 29.6 Å². The molecule has 3 aromatic carbocycles. The molecule has 3 heterocycles. The number of imide groups is 1. The number of rotatable bonds is 5. The van der Waals surface area contributed by atoms with Crippen molar-refractivity contribution >= 4 is 40.6 Å². The van der Waals surface area contributed by atoms with Crippen molar-refractivity contribution in [3.8, 4) is 5.75 Å². The highest BCUT2D eigenvalue weighted by Crippen LogP contribution is 2.68. The van der Waals surface area contributed by atoms with Crippen LogP contribution < -0.4 is 14.5 Å². The highest BCUT2D eigenvalue weighted by molar-refractivity contribution is 8.00. The second-order valence-corrected chi connectivity index (χ2v) is 13.9. The van der Waals surface area contributed by atoms with Gasteiger partial charge in [-0.05, 0) is 66.5 Å². The number of aromatic nitrogens is 1. The Labute approximate surface area is 245 Å². The van der Waals surface area contributed by atoms with Crippen molar-refractivity contribution in [3.05, 3.63) is 110 Å². The topological polar surface area (TPSA) is 79.5 Å². The number of carbonyl (C=O) groups excluding carboxylic acids is 2. The minimum atomic E-state index is -0.300. The number of aryl methyl sites for hydroxylation is 1. The summed E-state index contributed by atoms with van der Waals surface area (Å²) in [6.45, 7) is 2.57. The second kappa shape index (κ2) is 9.46. The number of thioether (sulfide) groups is 1. The molecule has 8 rings (SSSR count). The van der Waals surface area contributed by atoms with Gasteiger partial charge >= 0.3 is 4.87 Å².